The number of nitro benzene ring substituents is 2. The molecule has 0 radical (unpaired) electrons. The van der Waals surface area contributed by atoms with Crippen LogP contribution in [0.1, 0.15) is 23.7 Å². The molecule has 2 unspecified atom stereocenters. The van der Waals surface area contributed by atoms with E-state index < -0.39 is 53.4 Å². The van der Waals surface area contributed by atoms with E-state index in [-0.39, 0.29) is 18.0 Å². The molecule has 0 aliphatic carbocycles. The molecule has 2 saturated heterocycles. The third-order valence-electron chi connectivity index (χ3n) is 5.26. The molecule has 0 bridgehead atoms. The minimum absolute atomic E-state index is 0.0198. The third-order valence-corrected chi connectivity index (χ3v) is 5.26. The second-order valence-electron chi connectivity index (χ2n) is 7.32. The number of hydrogen-bond donors (Lipinski definition) is 2. The lowest BCUT2D eigenvalue weighted by Gasteiger charge is -2.24. The Labute approximate surface area is 181 Å². The van der Waals surface area contributed by atoms with Gasteiger partial charge in [-0.25, -0.2) is 0 Å². The monoisotopic (exact) mass is 448 g/mol. The third kappa shape index (κ3) is 4.46. The van der Waals surface area contributed by atoms with Gasteiger partial charge in [0.1, 0.15) is 24.4 Å². The van der Waals surface area contributed by atoms with Crippen molar-refractivity contribution in [1.82, 2.24) is 0 Å². The van der Waals surface area contributed by atoms with Crippen molar-refractivity contribution in [2.45, 2.75) is 37.0 Å². The Bertz CT molecular complexity index is 1000. The van der Waals surface area contributed by atoms with Gasteiger partial charge in [-0.15, -0.1) is 0 Å². The lowest BCUT2D eigenvalue weighted by Crippen LogP contribution is -2.45. The van der Waals surface area contributed by atoms with Gasteiger partial charge in [-0.3, -0.25) is 20.2 Å². The molecule has 0 aromatic heterocycles. The van der Waals surface area contributed by atoms with Crippen LogP contribution < -0.4 is 0 Å². The van der Waals surface area contributed by atoms with Crippen LogP contribution in [0.2, 0.25) is 0 Å². The van der Waals surface area contributed by atoms with Crippen LogP contribution in [0.4, 0.5) is 11.4 Å². The molecule has 6 atom stereocenters. The quantitative estimate of drug-likeness (QED) is 0.471. The van der Waals surface area contributed by atoms with Crippen LogP contribution in [-0.2, 0) is 18.9 Å². The average Bonchev–Trinajstić information content (AvgIpc) is 3.46. The molecule has 0 saturated carbocycles. The van der Waals surface area contributed by atoms with Crippen molar-refractivity contribution in [3.63, 3.8) is 0 Å². The lowest BCUT2D eigenvalue weighted by atomic mass is 10.0. The molecule has 0 spiro atoms. The summed E-state index contributed by atoms with van der Waals surface area (Å²) in [5.74, 6) is 0. The Kier molecular flexibility index (Phi) is 6.41. The molecule has 2 heterocycles. The number of hydrogen-bond acceptors (Lipinski definition) is 10. The summed E-state index contributed by atoms with van der Waals surface area (Å²) >= 11 is 0. The molecule has 2 aromatic rings. The SMILES string of the molecule is O=[N+]([O-])c1cccc(C2O[C@@H]([C@H](O)[C@H]3COC(c4cccc([N+](=O)[O-])c4)O3)[C@H](CO)O2)c1. The molecule has 2 aliphatic heterocycles. The van der Waals surface area contributed by atoms with Gasteiger partial charge in [-0.2, -0.15) is 0 Å². The molecule has 12 nitrogen and oxygen atoms in total. The van der Waals surface area contributed by atoms with Gasteiger partial charge in [0.2, 0.25) is 0 Å². The zero-order valence-corrected chi connectivity index (χ0v) is 16.6. The molecular formula is C20H20N2O10. The number of aliphatic hydroxyl groups is 2. The van der Waals surface area contributed by atoms with Gasteiger partial charge in [0.25, 0.3) is 11.4 Å². The van der Waals surface area contributed by atoms with E-state index >= 15 is 0 Å². The topological polar surface area (TPSA) is 164 Å². The zero-order valence-electron chi connectivity index (χ0n) is 16.6. The van der Waals surface area contributed by atoms with Crippen molar-refractivity contribution in [3.05, 3.63) is 79.9 Å². The first-order chi connectivity index (χ1) is 15.4. The Morgan fingerprint density at radius 1 is 0.938 bits per heavy atom. The number of nitrogens with zero attached hydrogens (tertiary/aromatic N) is 2. The van der Waals surface area contributed by atoms with Gasteiger partial charge in [-0.1, -0.05) is 24.3 Å². The van der Waals surface area contributed by atoms with Crippen molar-refractivity contribution in [2.24, 2.45) is 0 Å². The summed E-state index contributed by atoms with van der Waals surface area (Å²) in [5.41, 5.74) is 0.522. The fourth-order valence-corrected chi connectivity index (χ4v) is 3.66. The Balaban J connectivity index is 1.45. The fraction of sp³-hybridized carbons (Fsp3) is 0.400. The Hall–Kier alpha value is -3.00. The first-order valence-electron chi connectivity index (χ1n) is 9.73. The standard InChI is InChI=1S/C20H20N2O10/c23-9-15-18(32-20(30-15)12-4-2-6-14(8-12)22(27)28)17(24)16-10-29-19(31-16)11-3-1-5-13(7-11)21(25)26/h1-8,15-20,23-24H,9-10H2/t15-,16+,17+,18+,19?,20?/m0/s1. The number of benzene rings is 2. The molecule has 170 valence electrons. The van der Waals surface area contributed by atoms with Crippen LogP contribution in [0.15, 0.2) is 48.5 Å². The predicted molar refractivity (Wildman–Crippen MR) is 105 cm³/mol. The minimum Gasteiger partial charge on any atom is -0.394 e. The van der Waals surface area contributed by atoms with E-state index in [9.17, 15) is 30.4 Å². The van der Waals surface area contributed by atoms with Crippen molar-refractivity contribution in [3.8, 4) is 0 Å². The summed E-state index contributed by atoms with van der Waals surface area (Å²) < 4.78 is 22.7. The number of non-ortho nitro benzene ring substituents is 2. The Morgan fingerprint density at radius 2 is 1.53 bits per heavy atom. The van der Waals surface area contributed by atoms with Crippen LogP contribution in [-0.4, -0.2) is 57.7 Å². The first kappa shape index (κ1) is 22.2. The van der Waals surface area contributed by atoms with Gasteiger partial charge < -0.3 is 29.2 Å². The van der Waals surface area contributed by atoms with E-state index in [1.165, 1.54) is 36.4 Å². The van der Waals surface area contributed by atoms with Gasteiger partial charge in [0, 0.05) is 35.4 Å². The van der Waals surface area contributed by atoms with E-state index in [0.717, 1.165) is 0 Å². The first-order valence-corrected chi connectivity index (χ1v) is 9.73. The summed E-state index contributed by atoms with van der Waals surface area (Å²) in [6, 6.07) is 11.5. The van der Waals surface area contributed by atoms with Crippen LogP contribution in [0.3, 0.4) is 0 Å². The highest BCUT2D eigenvalue weighted by Crippen LogP contribution is 2.37. The summed E-state index contributed by atoms with van der Waals surface area (Å²) in [6.45, 7) is -0.483. The van der Waals surface area contributed by atoms with E-state index in [4.69, 9.17) is 18.9 Å². The smallest absolute Gasteiger partial charge is 0.269 e. The number of aliphatic hydroxyl groups excluding tert-OH is 2. The summed E-state index contributed by atoms with van der Waals surface area (Å²) in [7, 11) is 0. The van der Waals surface area contributed by atoms with E-state index in [1.54, 1.807) is 12.1 Å². The van der Waals surface area contributed by atoms with Crippen LogP contribution in [0.25, 0.3) is 0 Å². The van der Waals surface area contributed by atoms with Crippen LogP contribution >= 0.6 is 0 Å². The van der Waals surface area contributed by atoms with Gasteiger partial charge in [0.05, 0.1) is 23.1 Å². The average molecular weight is 448 g/mol. The molecule has 0 amide bonds. The van der Waals surface area contributed by atoms with Crippen molar-refractivity contribution >= 4 is 11.4 Å². The van der Waals surface area contributed by atoms with Crippen LogP contribution in [0, 0.1) is 20.2 Å². The fourth-order valence-electron chi connectivity index (χ4n) is 3.66. The minimum atomic E-state index is -1.26. The lowest BCUT2D eigenvalue weighted by molar-refractivity contribution is -0.385. The maximum absolute atomic E-state index is 11.0. The van der Waals surface area contributed by atoms with Gasteiger partial charge in [0.15, 0.2) is 12.6 Å². The maximum atomic E-state index is 11.0. The molecule has 2 fully saturated rings. The second kappa shape index (κ2) is 9.24. The number of nitro groups is 2. The molecule has 32 heavy (non-hydrogen) atoms. The highest BCUT2D eigenvalue weighted by Gasteiger charge is 2.46. The molecule has 2 aromatic carbocycles. The molecule has 12 heteroatoms. The Morgan fingerprint density at radius 3 is 2.09 bits per heavy atom. The van der Waals surface area contributed by atoms with E-state index in [2.05, 4.69) is 0 Å². The van der Waals surface area contributed by atoms with Gasteiger partial charge in [-0.05, 0) is 0 Å². The van der Waals surface area contributed by atoms with Gasteiger partial charge >= 0.3 is 0 Å². The molecule has 2 N–H and O–H groups in total. The van der Waals surface area contributed by atoms with Crippen molar-refractivity contribution in [2.75, 3.05) is 13.2 Å². The molecule has 4 rings (SSSR count). The number of ether oxygens (including phenoxy) is 4. The molecule has 2 aliphatic rings. The summed E-state index contributed by atoms with van der Waals surface area (Å²) in [5, 5.41) is 42.5. The summed E-state index contributed by atoms with van der Waals surface area (Å²) in [4.78, 5) is 20.9. The molecular weight excluding hydrogens is 428 g/mol. The largest absolute Gasteiger partial charge is 0.394 e. The zero-order chi connectivity index (χ0) is 22.8. The maximum Gasteiger partial charge on any atom is 0.269 e. The highest BCUT2D eigenvalue weighted by molar-refractivity contribution is 5.36. The van der Waals surface area contributed by atoms with E-state index in [0.29, 0.717) is 11.1 Å². The van der Waals surface area contributed by atoms with Crippen molar-refractivity contribution in [1.29, 1.82) is 0 Å². The number of rotatable bonds is 7. The van der Waals surface area contributed by atoms with Crippen molar-refractivity contribution < 1.29 is 39.0 Å². The predicted octanol–water partition coefficient (Wildman–Crippen LogP) is 1.75. The second-order valence-corrected chi connectivity index (χ2v) is 7.32. The highest BCUT2D eigenvalue weighted by atomic mass is 16.8. The van der Waals surface area contributed by atoms with E-state index in [1.807, 2.05) is 0 Å². The normalized spacial score (nSPS) is 28.5. The van der Waals surface area contributed by atoms with Crippen LogP contribution in [0.5, 0.6) is 0 Å². The summed E-state index contributed by atoms with van der Waals surface area (Å²) in [6.07, 6.45) is -5.97.